The Hall–Kier alpha value is -3.98. The summed E-state index contributed by atoms with van der Waals surface area (Å²) >= 11 is 0. The first-order chi connectivity index (χ1) is 17.6. The average molecular weight is 488 g/mol. The third kappa shape index (κ3) is 5.31. The maximum Gasteiger partial charge on any atom is 0.250 e. The van der Waals surface area contributed by atoms with E-state index in [-0.39, 0.29) is 31.0 Å². The molecule has 5 rings (SSSR count). The Balaban J connectivity index is 1.45. The minimum Gasteiger partial charge on any atom is -0.467 e. The zero-order valence-electron chi connectivity index (χ0n) is 20.2. The number of hydrogen-bond acceptors (Lipinski definition) is 6. The highest BCUT2D eigenvalue weighted by Crippen LogP contribution is 2.26. The Bertz CT molecular complexity index is 1310. The standard InChI is InChI=1S/C27H29N5O4/c1-19-10-12-20(13-11-19)17-31(25(33)18-32-23-8-3-2-7-22(23)29-30-32)26(24-9-5-15-36-24)27(34)28-16-21-6-4-14-35-21/h2-3,5,7-13,15,21,26H,4,6,14,16-18H2,1H3,(H,28,34). The summed E-state index contributed by atoms with van der Waals surface area (Å²) in [4.78, 5) is 28.9. The first-order valence-corrected chi connectivity index (χ1v) is 12.1. The Morgan fingerprint density at radius 3 is 2.72 bits per heavy atom. The fourth-order valence-corrected chi connectivity index (χ4v) is 4.45. The Labute approximate surface area is 209 Å². The molecule has 4 aromatic rings. The normalized spacial score (nSPS) is 16.2. The summed E-state index contributed by atoms with van der Waals surface area (Å²) < 4.78 is 12.9. The third-order valence-electron chi connectivity index (χ3n) is 6.40. The van der Waals surface area contributed by atoms with Crippen molar-refractivity contribution in [3.63, 3.8) is 0 Å². The van der Waals surface area contributed by atoms with Gasteiger partial charge in [-0.1, -0.05) is 47.2 Å². The van der Waals surface area contributed by atoms with Gasteiger partial charge in [-0.3, -0.25) is 9.59 Å². The molecule has 0 bridgehead atoms. The molecule has 2 unspecified atom stereocenters. The van der Waals surface area contributed by atoms with E-state index >= 15 is 0 Å². The second-order valence-corrected chi connectivity index (χ2v) is 9.04. The quantitative estimate of drug-likeness (QED) is 0.388. The van der Waals surface area contributed by atoms with Gasteiger partial charge in [-0.2, -0.15) is 0 Å². The molecule has 1 N–H and O–H groups in total. The maximum absolute atomic E-state index is 13.8. The first-order valence-electron chi connectivity index (χ1n) is 12.1. The lowest BCUT2D eigenvalue weighted by Gasteiger charge is -2.30. The predicted molar refractivity (Wildman–Crippen MR) is 133 cm³/mol. The zero-order chi connectivity index (χ0) is 24.9. The Kier molecular flexibility index (Phi) is 7.08. The molecule has 0 spiro atoms. The minimum absolute atomic E-state index is 0.0195. The SMILES string of the molecule is Cc1ccc(CN(C(=O)Cn2nnc3ccccc32)C(C(=O)NCC2CCCO2)c2ccco2)cc1. The van der Waals surface area contributed by atoms with E-state index in [1.165, 1.54) is 6.26 Å². The van der Waals surface area contributed by atoms with E-state index in [4.69, 9.17) is 9.15 Å². The smallest absolute Gasteiger partial charge is 0.250 e. The molecule has 2 aromatic carbocycles. The molecular formula is C27H29N5O4. The minimum atomic E-state index is -0.954. The van der Waals surface area contributed by atoms with Gasteiger partial charge in [-0.25, -0.2) is 4.68 Å². The molecule has 1 aliphatic heterocycles. The van der Waals surface area contributed by atoms with Crippen LogP contribution in [0.3, 0.4) is 0 Å². The van der Waals surface area contributed by atoms with Crippen LogP contribution in [0.2, 0.25) is 0 Å². The Morgan fingerprint density at radius 2 is 1.97 bits per heavy atom. The van der Waals surface area contributed by atoms with E-state index in [1.807, 2.05) is 55.5 Å². The molecule has 0 aliphatic carbocycles. The predicted octanol–water partition coefficient (Wildman–Crippen LogP) is 3.40. The van der Waals surface area contributed by atoms with Crippen LogP contribution in [0, 0.1) is 6.92 Å². The van der Waals surface area contributed by atoms with Gasteiger partial charge in [0.05, 0.1) is 17.9 Å². The number of aryl methyl sites for hydroxylation is 1. The summed E-state index contributed by atoms with van der Waals surface area (Å²) in [5.41, 5.74) is 3.47. The van der Waals surface area contributed by atoms with Crippen LogP contribution in [-0.4, -0.2) is 51.0 Å². The summed E-state index contributed by atoms with van der Waals surface area (Å²) in [6.45, 7) is 3.25. The number of carbonyl (C=O) groups is 2. The average Bonchev–Trinajstić information content (AvgIpc) is 3.67. The van der Waals surface area contributed by atoms with Crippen molar-refractivity contribution in [1.29, 1.82) is 0 Å². The van der Waals surface area contributed by atoms with Crippen molar-refractivity contribution in [2.45, 2.75) is 45.0 Å². The first kappa shape index (κ1) is 23.7. The van der Waals surface area contributed by atoms with Gasteiger partial charge in [0.25, 0.3) is 5.91 Å². The van der Waals surface area contributed by atoms with Crippen molar-refractivity contribution in [3.05, 3.63) is 83.8 Å². The number of nitrogens with zero attached hydrogens (tertiary/aromatic N) is 4. The van der Waals surface area contributed by atoms with Gasteiger partial charge < -0.3 is 19.4 Å². The van der Waals surface area contributed by atoms with Crippen LogP contribution < -0.4 is 5.32 Å². The number of amides is 2. The van der Waals surface area contributed by atoms with E-state index in [9.17, 15) is 9.59 Å². The number of nitrogens with one attached hydrogen (secondary N) is 1. The molecule has 1 aliphatic rings. The van der Waals surface area contributed by atoms with Crippen molar-refractivity contribution in [2.24, 2.45) is 0 Å². The maximum atomic E-state index is 13.8. The molecule has 1 fully saturated rings. The number of aromatic nitrogens is 3. The molecule has 0 saturated carbocycles. The number of furan rings is 1. The summed E-state index contributed by atoms with van der Waals surface area (Å²) in [6.07, 6.45) is 3.37. The topological polar surface area (TPSA) is 102 Å². The number of para-hydroxylation sites is 1. The summed E-state index contributed by atoms with van der Waals surface area (Å²) in [7, 11) is 0. The van der Waals surface area contributed by atoms with Crippen LogP contribution in [-0.2, 0) is 27.4 Å². The number of rotatable bonds is 9. The van der Waals surface area contributed by atoms with Gasteiger partial charge in [0.1, 0.15) is 17.8 Å². The second-order valence-electron chi connectivity index (χ2n) is 9.04. The lowest BCUT2D eigenvalue weighted by Crippen LogP contribution is -2.46. The molecule has 36 heavy (non-hydrogen) atoms. The number of benzene rings is 2. The van der Waals surface area contributed by atoms with Crippen LogP contribution in [0.4, 0.5) is 0 Å². The highest BCUT2D eigenvalue weighted by atomic mass is 16.5. The van der Waals surface area contributed by atoms with Crippen LogP contribution in [0.15, 0.2) is 71.3 Å². The highest BCUT2D eigenvalue weighted by Gasteiger charge is 2.34. The summed E-state index contributed by atoms with van der Waals surface area (Å²) in [6, 6.07) is 17.8. The molecule has 9 heteroatoms. The number of hydrogen-bond donors (Lipinski definition) is 1. The van der Waals surface area contributed by atoms with Crippen molar-refractivity contribution < 1.29 is 18.7 Å². The number of fused-ring (bicyclic) bond motifs is 1. The van der Waals surface area contributed by atoms with E-state index in [0.717, 1.165) is 29.5 Å². The van der Waals surface area contributed by atoms with Gasteiger partial charge >= 0.3 is 0 Å². The molecule has 2 aromatic heterocycles. The fourth-order valence-electron chi connectivity index (χ4n) is 4.45. The van der Waals surface area contributed by atoms with Crippen molar-refractivity contribution in [3.8, 4) is 0 Å². The lowest BCUT2D eigenvalue weighted by atomic mass is 10.1. The van der Waals surface area contributed by atoms with E-state index in [2.05, 4.69) is 15.6 Å². The third-order valence-corrected chi connectivity index (χ3v) is 6.40. The fraction of sp³-hybridized carbons (Fsp3) is 0.333. The highest BCUT2D eigenvalue weighted by molar-refractivity contribution is 5.88. The molecule has 0 radical (unpaired) electrons. The van der Waals surface area contributed by atoms with Gasteiger partial charge in [0.15, 0.2) is 6.04 Å². The van der Waals surface area contributed by atoms with Crippen LogP contribution in [0.5, 0.6) is 0 Å². The van der Waals surface area contributed by atoms with Crippen molar-refractivity contribution >= 4 is 22.8 Å². The number of carbonyl (C=O) groups excluding carboxylic acids is 2. The van der Waals surface area contributed by atoms with Crippen LogP contribution in [0.25, 0.3) is 11.0 Å². The van der Waals surface area contributed by atoms with Gasteiger partial charge in [-0.15, -0.1) is 5.10 Å². The molecule has 1 saturated heterocycles. The Morgan fingerprint density at radius 1 is 1.14 bits per heavy atom. The van der Waals surface area contributed by atoms with Gasteiger partial charge in [0, 0.05) is 19.7 Å². The number of ether oxygens (including phenoxy) is 1. The van der Waals surface area contributed by atoms with Crippen LogP contribution in [0.1, 0.15) is 35.8 Å². The molecule has 3 heterocycles. The summed E-state index contributed by atoms with van der Waals surface area (Å²) in [5, 5.41) is 11.3. The van der Waals surface area contributed by atoms with Gasteiger partial charge in [-0.05, 0) is 49.6 Å². The summed E-state index contributed by atoms with van der Waals surface area (Å²) in [5.74, 6) is -0.201. The molecule has 2 amide bonds. The molecule has 9 nitrogen and oxygen atoms in total. The van der Waals surface area contributed by atoms with Crippen molar-refractivity contribution in [2.75, 3.05) is 13.2 Å². The van der Waals surface area contributed by atoms with Gasteiger partial charge in [0.2, 0.25) is 5.91 Å². The van der Waals surface area contributed by atoms with E-state index < -0.39 is 6.04 Å². The lowest BCUT2D eigenvalue weighted by molar-refractivity contribution is -0.143. The monoisotopic (exact) mass is 487 g/mol. The van der Waals surface area contributed by atoms with E-state index in [1.54, 1.807) is 21.7 Å². The second kappa shape index (κ2) is 10.7. The van der Waals surface area contributed by atoms with E-state index in [0.29, 0.717) is 24.4 Å². The zero-order valence-corrected chi connectivity index (χ0v) is 20.2. The van der Waals surface area contributed by atoms with Crippen molar-refractivity contribution in [1.82, 2.24) is 25.2 Å². The van der Waals surface area contributed by atoms with Crippen LogP contribution >= 0.6 is 0 Å². The molecular weight excluding hydrogens is 458 g/mol. The molecule has 186 valence electrons. The molecule has 2 atom stereocenters. The largest absolute Gasteiger partial charge is 0.467 e.